The van der Waals surface area contributed by atoms with Crippen molar-refractivity contribution in [3.63, 3.8) is 0 Å². The van der Waals surface area contributed by atoms with Crippen molar-refractivity contribution < 1.29 is 17.6 Å². The number of sulfonamides is 1. The summed E-state index contributed by atoms with van der Waals surface area (Å²) in [5.41, 5.74) is 0. The molecule has 1 N–H and O–H groups in total. The Labute approximate surface area is 112 Å². The van der Waals surface area contributed by atoms with Crippen LogP contribution in [0.4, 0.5) is 0 Å². The Morgan fingerprint density at radius 1 is 1.53 bits per heavy atom. The molecule has 106 valence electrons. The molecular formula is C12H18N2O4S. The first kappa shape index (κ1) is 14.1. The van der Waals surface area contributed by atoms with Gasteiger partial charge in [-0.05, 0) is 31.4 Å². The SMILES string of the molecule is CS(=O)(=O)NC[C@H]1CCCCN1C(=O)c1ccco1. The highest BCUT2D eigenvalue weighted by atomic mass is 32.2. The van der Waals surface area contributed by atoms with Crippen molar-refractivity contribution in [3.05, 3.63) is 24.2 Å². The van der Waals surface area contributed by atoms with Crippen molar-refractivity contribution >= 4 is 15.9 Å². The fraction of sp³-hybridized carbons (Fsp3) is 0.583. The largest absolute Gasteiger partial charge is 0.459 e. The van der Waals surface area contributed by atoms with E-state index in [1.807, 2.05) is 0 Å². The summed E-state index contributed by atoms with van der Waals surface area (Å²) in [5.74, 6) is 0.122. The van der Waals surface area contributed by atoms with Crippen molar-refractivity contribution in [3.8, 4) is 0 Å². The first-order valence-corrected chi connectivity index (χ1v) is 8.15. The highest BCUT2D eigenvalue weighted by Gasteiger charge is 2.29. The monoisotopic (exact) mass is 286 g/mol. The topological polar surface area (TPSA) is 79.6 Å². The Morgan fingerprint density at radius 3 is 2.95 bits per heavy atom. The van der Waals surface area contributed by atoms with Crippen LogP contribution in [0, 0.1) is 0 Å². The van der Waals surface area contributed by atoms with Gasteiger partial charge in [0.2, 0.25) is 10.0 Å². The lowest BCUT2D eigenvalue weighted by molar-refractivity contribution is 0.0586. The molecule has 0 unspecified atom stereocenters. The molecule has 1 saturated heterocycles. The second kappa shape index (κ2) is 5.75. The molecule has 0 spiro atoms. The summed E-state index contributed by atoms with van der Waals surface area (Å²) in [6.07, 6.45) is 5.31. The Kier molecular flexibility index (Phi) is 4.26. The van der Waals surface area contributed by atoms with Gasteiger partial charge in [0.1, 0.15) is 0 Å². The second-order valence-electron chi connectivity index (χ2n) is 4.75. The molecule has 1 aliphatic heterocycles. The Balaban J connectivity index is 2.05. The molecule has 7 heteroatoms. The number of likely N-dealkylation sites (tertiary alicyclic amines) is 1. The molecule has 1 atom stereocenters. The molecule has 1 aromatic heterocycles. The van der Waals surface area contributed by atoms with Gasteiger partial charge >= 0.3 is 0 Å². The number of hydrogen-bond donors (Lipinski definition) is 1. The number of nitrogens with zero attached hydrogens (tertiary/aromatic N) is 1. The first-order valence-electron chi connectivity index (χ1n) is 6.26. The molecule has 1 aliphatic rings. The van der Waals surface area contributed by atoms with Crippen LogP contribution in [0.2, 0.25) is 0 Å². The normalized spacial score (nSPS) is 20.5. The average molecular weight is 286 g/mol. The van der Waals surface area contributed by atoms with E-state index < -0.39 is 10.0 Å². The zero-order chi connectivity index (χ0) is 13.9. The van der Waals surface area contributed by atoms with Crippen LogP contribution in [0.1, 0.15) is 29.8 Å². The number of amides is 1. The fourth-order valence-electron chi connectivity index (χ4n) is 2.27. The van der Waals surface area contributed by atoms with E-state index in [1.165, 1.54) is 6.26 Å². The number of carbonyl (C=O) groups excluding carboxylic acids is 1. The third-order valence-electron chi connectivity index (χ3n) is 3.20. The van der Waals surface area contributed by atoms with Gasteiger partial charge in [0.25, 0.3) is 5.91 Å². The Morgan fingerprint density at radius 2 is 2.32 bits per heavy atom. The van der Waals surface area contributed by atoms with Crippen molar-refractivity contribution in [2.45, 2.75) is 25.3 Å². The number of hydrogen-bond acceptors (Lipinski definition) is 4. The summed E-state index contributed by atoms with van der Waals surface area (Å²) >= 11 is 0. The van der Waals surface area contributed by atoms with E-state index in [4.69, 9.17) is 4.42 Å². The number of nitrogens with one attached hydrogen (secondary N) is 1. The van der Waals surface area contributed by atoms with Crippen LogP contribution in [0.15, 0.2) is 22.8 Å². The summed E-state index contributed by atoms with van der Waals surface area (Å²) in [4.78, 5) is 13.9. The summed E-state index contributed by atoms with van der Waals surface area (Å²) < 4.78 is 29.9. The average Bonchev–Trinajstić information content (AvgIpc) is 2.89. The molecule has 0 bridgehead atoms. The van der Waals surface area contributed by atoms with Gasteiger partial charge in [-0.2, -0.15) is 0 Å². The van der Waals surface area contributed by atoms with E-state index in [9.17, 15) is 13.2 Å². The molecule has 2 rings (SSSR count). The van der Waals surface area contributed by atoms with Gasteiger partial charge in [-0.25, -0.2) is 13.1 Å². The van der Waals surface area contributed by atoms with Gasteiger partial charge in [-0.15, -0.1) is 0 Å². The van der Waals surface area contributed by atoms with Crippen LogP contribution in [0.5, 0.6) is 0 Å². The quantitative estimate of drug-likeness (QED) is 0.889. The molecule has 19 heavy (non-hydrogen) atoms. The maximum absolute atomic E-state index is 12.3. The maximum Gasteiger partial charge on any atom is 0.289 e. The highest BCUT2D eigenvalue weighted by molar-refractivity contribution is 7.88. The number of piperidine rings is 1. The zero-order valence-corrected chi connectivity index (χ0v) is 11.6. The summed E-state index contributed by atoms with van der Waals surface area (Å²) in [6, 6.07) is 3.18. The minimum atomic E-state index is -3.24. The number of carbonyl (C=O) groups is 1. The van der Waals surface area contributed by atoms with E-state index in [1.54, 1.807) is 17.0 Å². The molecule has 0 radical (unpaired) electrons. The molecule has 0 saturated carbocycles. The molecular weight excluding hydrogens is 268 g/mol. The Bertz CT molecular complexity index is 524. The van der Waals surface area contributed by atoms with Crippen LogP contribution in [-0.2, 0) is 10.0 Å². The number of furan rings is 1. The molecule has 1 fully saturated rings. The van der Waals surface area contributed by atoms with Gasteiger partial charge in [0.15, 0.2) is 5.76 Å². The first-order chi connectivity index (χ1) is 8.97. The minimum Gasteiger partial charge on any atom is -0.459 e. The summed E-state index contributed by atoms with van der Waals surface area (Å²) in [5, 5.41) is 0. The fourth-order valence-corrected chi connectivity index (χ4v) is 2.76. The third-order valence-corrected chi connectivity index (χ3v) is 3.89. The van der Waals surface area contributed by atoms with E-state index in [2.05, 4.69) is 4.72 Å². The molecule has 6 nitrogen and oxygen atoms in total. The smallest absolute Gasteiger partial charge is 0.289 e. The van der Waals surface area contributed by atoms with Gasteiger partial charge in [0, 0.05) is 19.1 Å². The van der Waals surface area contributed by atoms with Gasteiger partial charge in [-0.3, -0.25) is 4.79 Å². The molecule has 1 aromatic rings. The second-order valence-corrected chi connectivity index (χ2v) is 6.58. The van der Waals surface area contributed by atoms with Gasteiger partial charge in [0.05, 0.1) is 12.5 Å². The lowest BCUT2D eigenvalue weighted by Gasteiger charge is -2.35. The highest BCUT2D eigenvalue weighted by Crippen LogP contribution is 2.19. The van der Waals surface area contributed by atoms with E-state index in [-0.39, 0.29) is 18.5 Å². The van der Waals surface area contributed by atoms with Crippen molar-refractivity contribution in [1.29, 1.82) is 0 Å². The van der Waals surface area contributed by atoms with E-state index >= 15 is 0 Å². The predicted octanol–water partition coefficient (Wildman–Crippen LogP) is 0.823. The van der Waals surface area contributed by atoms with Crippen LogP contribution in [0.3, 0.4) is 0 Å². The lowest BCUT2D eigenvalue weighted by atomic mass is 10.0. The predicted molar refractivity (Wildman–Crippen MR) is 70.2 cm³/mol. The molecule has 2 heterocycles. The number of rotatable bonds is 4. The molecule has 0 aliphatic carbocycles. The maximum atomic E-state index is 12.3. The standard InChI is InChI=1S/C12H18N2O4S/c1-19(16,17)13-9-10-5-2-3-7-14(10)12(15)11-6-4-8-18-11/h4,6,8,10,13H,2-3,5,7,9H2,1H3/t10-/m1/s1. The molecule has 0 aromatic carbocycles. The zero-order valence-electron chi connectivity index (χ0n) is 10.8. The van der Waals surface area contributed by atoms with E-state index in [0.29, 0.717) is 12.3 Å². The van der Waals surface area contributed by atoms with Gasteiger partial charge < -0.3 is 9.32 Å². The van der Waals surface area contributed by atoms with Crippen LogP contribution in [-0.4, -0.2) is 44.6 Å². The van der Waals surface area contributed by atoms with Crippen molar-refractivity contribution in [1.82, 2.24) is 9.62 Å². The van der Waals surface area contributed by atoms with Crippen LogP contribution in [0.25, 0.3) is 0 Å². The lowest BCUT2D eigenvalue weighted by Crippen LogP contribution is -2.49. The van der Waals surface area contributed by atoms with E-state index in [0.717, 1.165) is 25.5 Å². The van der Waals surface area contributed by atoms with Crippen molar-refractivity contribution in [2.24, 2.45) is 0 Å². The third kappa shape index (κ3) is 3.81. The van der Waals surface area contributed by atoms with Gasteiger partial charge in [-0.1, -0.05) is 0 Å². The van der Waals surface area contributed by atoms with Crippen LogP contribution < -0.4 is 4.72 Å². The van der Waals surface area contributed by atoms with Crippen LogP contribution >= 0.6 is 0 Å². The Hall–Kier alpha value is -1.34. The molecule has 1 amide bonds. The minimum absolute atomic E-state index is 0.110. The van der Waals surface area contributed by atoms with Crippen molar-refractivity contribution in [2.75, 3.05) is 19.3 Å². The summed E-state index contributed by atoms with van der Waals surface area (Å²) in [7, 11) is -3.24. The summed E-state index contributed by atoms with van der Waals surface area (Å²) in [6.45, 7) is 0.890.